The Morgan fingerprint density at radius 2 is 1.05 bits per heavy atom. The van der Waals surface area contributed by atoms with Crippen molar-refractivity contribution in [3.05, 3.63) is 82.1 Å². The first-order chi connectivity index (χ1) is 35.0. The molecule has 4 heterocycles. The van der Waals surface area contributed by atoms with Crippen LogP contribution < -0.4 is 21.3 Å². The quantitative estimate of drug-likeness (QED) is 0.0648. The number of thiazole rings is 2. The second-order valence-electron chi connectivity index (χ2n) is 23.0. The lowest BCUT2D eigenvalue weighted by Gasteiger charge is -2.37. The monoisotopic (exact) mass is 1070 g/mol. The molecule has 75 heavy (non-hydrogen) atoms. The third-order valence-corrected chi connectivity index (χ3v) is 15.7. The van der Waals surface area contributed by atoms with E-state index in [9.17, 15) is 39.0 Å². The van der Waals surface area contributed by atoms with Gasteiger partial charge in [0.2, 0.25) is 29.5 Å². The molecule has 2 fully saturated rings. The minimum atomic E-state index is -1.43. The topological polar surface area (TPSA) is 242 Å². The van der Waals surface area contributed by atoms with Crippen molar-refractivity contribution >= 4 is 58.1 Å². The van der Waals surface area contributed by atoms with E-state index in [1.165, 1.54) is 9.80 Å². The van der Waals surface area contributed by atoms with Crippen molar-refractivity contribution in [2.24, 2.45) is 10.8 Å². The van der Waals surface area contributed by atoms with E-state index in [0.717, 1.165) is 43.4 Å². The SMILES string of the molecule is Cc1ncsc1-c1ccc(CNC(=O)[C@@H]2C[C@H](O)CN2C(=O)[C@@H](NC(=O)COC(C)(C)CCOC(C)(C)C(=O)N[C@H](C(=O)N2C[C@H](O)C[C@H]2C(=O)NCc2ccc(-c3scnc3C)cc2)C(C)(C)C)C(C)(C)C)cc1. The molecule has 0 radical (unpaired) electrons. The molecule has 6 amide bonds. The lowest BCUT2D eigenvalue weighted by molar-refractivity contribution is -0.152. The zero-order chi connectivity index (χ0) is 55.2. The van der Waals surface area contributed by atoms with Crippen LogP contribution in [-0.2, 0) is 51.3 Å². The fraction of sp³-hybridized carbons (Fsp3) is 0.564. The van der Waals surface area contributed by atoms with Crippen LogP contribution >= 0.6 is 22.7 Å². The van der Waals surface area contributed by atoms with Crippen LogP contribution in [-0.4, -0.2) is 139 Å². The van der Waals surface area contributed by atoms with E-state index in [2.05, 4.69) is 31.2 Å². The van der Waals surface area contributed by atoms with Gasteiger partial charge in [-0.1, -0.05) is 90.1 Å². The molecule has 0 saturated carbocycles. The largest absolute Gasteiger partial charge is 0.391 e. The summed E-state index contributed by atoms with van der Waals surface area (Å²) in [6.45, 7) is 21.3. The number of aryl methyl sites for hydroxylation is 2. The molecular weight excluding hydrogens is 997 g/mol. The standard InChI is InChI=1S/C55H76N8O10S2/c1-32-43(74-30-58-32)36-17-13-34(14-18-36)25-56-47(67)40-23-38(64)27-62(40)49(69)45(52(3,4)5)60-42(66)29-73-54(9,10)21-22-72-55(11,12)51(71)61-46(53(6,7)8)50(70)63-28-39(65)24-41(63)48(68)57-26-35-15-19-37(20-16-35)44-33(2)59-31-75-44/h13-20,30-31,38-41,45-46,64-65H,21-29H2,1-12H3,(H,56,67)(H,57,68)(H,60,66)(H,61,71)/t38-,39+,40-,41-,45+,46+/m0/s1. The van der Waals surface area contributed by atoms with Gasteiger partial charge in [0.15, 0.2) is 0 Å². The van der Waals surface area contributed by atoms with Gasteiger partial charge in [0, 0.05) is 39.0 Å². The van der Waals surface area contributed by atoms with Crippen molar-refractivity contribution in [1.29, 1.82) is 0 Å². The molecule has 0 spiro atoms. The molecule has 2 saturated heterocycles. The van der Waals surface area contributed by atoms with Gasteiger partial charge in [0.1, 0.15) is 36.4 Å². The highest BCUT2D eigenvalue weighted by molar-refractivity contribution is 7.13. The van der Waals surface area contributed by atoms with Crippen LogP contribution in [0.1, 0.15) is 111 Å². The first-order valence-corrected chi connectivity index (χ1v) is 27.2. The van der Waals surface area contributed by atoms with E-state index < -0.39 is 100 Å². The molecule has 0 aliphatic carbocycles. The Bertz CT molecular complexity index is 2650. The highest BCUT2D eigenvalue weighted by Gasteiger charge is 2.47. The van der Waals surface area contributed by atoms with Gasteiger partial charge in [-0.25, -0.2) is 9.97 Å². The van der Waals surface area contributed by atoms with Gasteiger partial charge in [-0.05, 0) is 81.0 Å². The average molecular weight is 1070 g/mol. The van der Waals surface area contributed by atoms with Crippen LogP contribution in [0.25, 0.3) is 20.9 Å². The van der Waals surface area contributed by atoms with Crippen LogP contribution in [0.5, 0.6) is 0 Å². The van der Waals surface area contributed by atoms with Crippen LogP contribution in [0.2, 0.25) is 0 Å². The predicted molar refractivity (Wildman–Crippen MR) is 288 cm³/mol. The van der Waals surface area contributed by atoms with Gasteiger partial charge in [-0.15, -0.1) is 22.7 Å². The van der Waals surface area contributed by atoms with Gasteiger partial charge in [0.05, 0.1) is 56.6 Å². The first kappa shape index (κ1) is 58.6. The number of aliphatic hydroxyl groups is 2. The Morgan fingerprint density at radius 3 is 1.44 bits per heavy atom. The summed E-state index contributed by atoms with van der Waals surface area (Å²) in [5.74, 6) is -2.96. The summed E-state index contributed by atoms with van der Waals surface area (Å²) in [6, 6.07) is 11.6. The fourth-order valence-corrected chi connectivity index (χ4v) is 10.6. The first-order valence-electron chi connectivity index (χ1n) is 25.4. The number of likely N-dealkylation sites (tertiary alicyclic amines) is 2. The predicted octanol–water partition coefficient (Wildman–Crippen LogP) is 5.45. The molecule has 4 aromatic rings. The van der Waals surface area contributed by atoms with Crippen molar-refractivity contribution in [2.75, 3.05) is 26.3 Å². The molecule has 6 N–H and O–H groups in total. The summed E-state index contributed by atoms with van der Waals surface area (Å²) in [4.78, 5) is 96.6. The van der Waals surface area contributed by atoms with Crippen LogP contribution in [0.15, 0.2) is 59.6 Å². The van der Waals surface area contributed by atoms with Crippen LogP contribution in [0.3, 0.4) is 0 Å². The summed E-state index contributed by atoms with van der Waals surface area (Å²) in [5, 5.41) is 32.9. The maximum absolute atomic E-state index is 14.3. The number of ether oxygens (including phenoxy) is 2. The maximum atomic E-state index is 14.3. The molecule has 6 rings (SSSR count). The van der Waals surface area contributed by atoms with Crippen molar-refractivity contribution in [3.8, 4) is 20.9 Å². The molecule has 2 aromatic carbocycles. The number of nitrogens with one attached hydrogen (secondary N) is 4. The van der Waals surface area contributed by atoms with E-state index in [1.807, 2.05) is 62.4 Å². The highest BCUT2D eigenvalue weighted by atomic mass is 32.1. The number of carbonyl (C=O) groups excluding carboxylic acids is 6. The second-order valence-corrected chi connectivity index (χ2v) is 24.7. The third-order valence-electron chi connectivity index (χ3n) is 13.7. The number of rotatable bonds is 20. The number of amides is 6. The molecule has 18 nitrogen and oxygen atoms in total. The summed E-state index contributed by atoms with van der Waals surface area (Å²) in [7, 11) is 0. The molecule has 20 heteroatoms. The zero-order valence-corrected chi connectivity index (χ0v) is 47.0. The number of hydrogen-bond donors (Lipinski definition) is 6. The Hall–Kier alpha value is -5.64. The molecule has 408 valence electrons. The third kappa shape index (κ3) is 15.3. The van der Waals surface area contributed by atoms with E-state index in [4.69, 9.17) is 9.47 Å². The number of carbonyl (C=O) groups is 6. The van der Waals surface area contributed by atoms with Gasteiger partial charge < -0.3 is 50.8 Å². The second kappa shape index (κ2) is 24.1. The lowest BCUT2D eigenvalue weighted by atomic mass is 9.85. The Labute approximate surface area is 448 Å². The van der Waals surface area contributed by atoms with Crippen molar-refractivity contribution < 1.29 is 48.5 Å². The number of aromatic nitrogens is 2. The molecule has 2 aliphatic rings. The number of hydrogen-bond acceptors (Lipinski definition) is 14. The zero-order valence-electron chi connectivity index (χ0n) is 45.4. The number of β-amino-alcohol motifs (C(OH)–C–C–N with tert-alkyl or cyclic N) is 2. The van der Waals surface area contributed by atoms with Crippen LogP contribution in [0, 0.1) is 24.7 Å². The van der Waals surface area contributed by atoms with Crippen molar-refractivity contribution in [1.82, 2.24) is 41.0 Å². The summed E-state index contributed by atoms with van der Waals surface area (Å²) in [6.07, 6.45) is -1.51. The molecule has 6 atom stereocenters. The van der Waals surface area contributed by atoms with E-state index in [-0.39, 0.29) is 52.0 Å². The van der Waals surface area contributed by atoms with E-state index in [1.54, 1.807) is 103 Å². The smallest absolute Gasteiger partial charge is 0.252 e. The Morgan fingerprint density at radius 1 is 0.640 bits per heavy atom. The Balaban J connectivity index is 0.978. The Kier molecular flexibility index (Phi) is 18.9. The van der Waals surface area contributed by atoms with Gasteiger partial charge in [0.25, 0.3) is 5.91 Å². The summed E-state index contributed by atoms with van der Waals surface area (Å²) < 4.78 is 12.1. The maximum Gasteiger partial charge on any atom is 0.252 e. The minimum absolute atomic E-state index is 0.0268. The number of benzene rings is 2. The molecule has 2 aliphatic heterocycles. The fourth-order valence-electron chi connectivity index (χ4n) is 9.02. The lowest BCUT2D eigenvalue weighted by Crippen LogP contribution is -2.60. The molecule has 0 unspecified atom stereocenters. The van der Waals surface area contributed by atoms with Gasteiger partial charge in [-0.3, -0.25) is 28.8 Å². The highest BCUT2D eigenvalue weighted by Crippen LogP contribution is 2.31. The number of nitrogens with zero attached hydrogens (tertiary/aromatic N) is 4. The molecule has 0 bridgehead atoms. The van der Waals surface area contributed by atoms with E-state index in [0.29, 0.717) is 0 Å². The van der Waals surface area contributed by atoms with Crippen LogP contribution in [0.4, 0.5) is 0 Å². The van der Waals surface area contributed by atoms with Crippen molar-refractivity contribution in [2.45, 2.75) is 163 Å². The summed E-state index contributed by atoms with van der Waals surface area (Å²) in [5.41, 5.74) is 5.32. The summed E-state index contributed by atoms with van der Waals surface area (Å²) >= 11 is 3.11. The van der Waals surface area contributed by atoms with Gasteiger partial charge in [-0.2, -0.15) is 0 Å². The van der Waals surface area contributed by atoms with E-state index >= 15 is 0 Å². The minimum Gasteiger partial charge on any atom is -0.391 e. The van der Waals surface area contributed by atoms with Crippen molar-refractivity contribution in [3.63, 3.8) is 0 Å². The number of aliphatic hydroxyl groups excluding tert-OH is 2. The van der Waals surface area contributed by atoms with Gasteiger partial charge >= 0.3 is 0 Å². The normalized spacial score (nSPS) is 19.1. The average Bonchev–Trinajstić information content (AvgIpc) is 4.16. The molecular formula is C55H76N8O10S2. The molecule has 2 aromatic heterocycles.